The maximum Gasteiger partial charge on any atom is 0.276 e. The lowest BCUT2D eigenvalue weighted by Gasteiger charge is -2.00. The molecule has 98 valence electrons. The molecular weight excluding hydrogens is 258 g/mol. The van der Waals surface area contributed by atoms with Gasteiger partial charge in [0.1, 0.15) is 5.69 Å². The number of rotatable bonds is 2. The molecule has 0 radical (unpaired) electrons. The summed E-state index contributed by atoms with van der Waals surface area (Å²) in [5, 5.41) is 3.54. The van der Waals surface area contributed by atoms with Crippen LogP contribution in [0.25, 0.3) is 0 Å². The van der Waals surface area contributed by atoms with E-state index in [1.807, 2.05) is 0 Å². The molecule has 1 aliphatic rings. The first-order valence-electron chi connectivity index (χ1n) is 6.54. The summed E-state index contributed by atoms with van der Waals surface area (Å²) in [7, 11) is 0. The van der Waals surface area contributed by atoms with Crippen LogP contribution >= 0.6 is 11.3 Å². The molecule has 2 aromatic heterocycles. The number of nitrogens with zero attached hydrogens (tertiary/aromatic N) is 2. The molecule has 0 atom stereocenters. The number of anilines is 1. The van der Waals surface area contributed by atoms with Crippen LogP contribution in [0.5, 0.6) is 0 Å². The van der Waals surface area contributed by atoms with E-state index in [-0.39, 0.29) is 5.91 Å². The third-order valence-electron chi connectivity index (χ3n) is 3.21. The Labute approximate surface area is 115 Å². The fraction of sp³-hybridized carbons (Fsp3) is 0.357. The van der Waals surface area contributed by atoms with E-state index in [1.54, 1.807) is 35.7 Å². The molecule has 0 saturated heterocycles. The molecule has 1 aliphatic carbocycles. The quantitative estimate of drug-likeness (QED) is 0.856. The van der Waals surface area contributed by atoms with Gasteiger partial charge in [-0.15, -0.1) is 11.3 Å². The maximum atomic E-state index is 12.0. The Morgan fingerprint density at radius 2 is 2.11 bits per heavy atom. The van der Waals surface area contributed by atoms with Gasteiger partial charge in [0.25, 0.3) is 5.91 Å². The van der Waals surface area contributed by atoms with Crippen molar-refractivity contribution in [2.24, 2.45) is 0 Å². The number of carbonyl (C=O) groups excluding carboxylic acids is 1. The largest absolute Gasteiger partial charge is 0.296 e. The van der Waals surface area contributed by atoms with Gasteiger partial charge in [0.15, 0.2) is 5.13 Å². The smallest absolute Gasteiger partial charge is 0.276 e. The van der Waals surface area contributed by atoms with Gasteiger partial charge in [0, 0.05) is 11.1 Å². The lowest BCUT2D eigenvalue weighted by molar-refractivity contribution is 0.102. The van der Waals surface area contributed by atoms with Crippen LogP contribution in [-0.2, 0) is 12.8 Å². The predicted octanol–water partition coefficient (Wildman–Crippen LogP) is 3.06. The lowest BCUT2D eigenvalue weighted by Crippen LogP contribution is -2.13. The number of fused-ring (bicyclic) bond motifs is 1. The summed E-state index contributed by atoms with van der Waals surface area (Å²) in [5.41, 5.74) is 1.59. The van der Waals surface area contributed by atoms with Crippen LogP contribution in [0.1, 0.15) is 40.3 Å². The minimum atomic E-state index is -0.190. The van der Waals surface area contributed by atoms with E-state index >= 15 is 0 Å². The van der Waals surface area contributed by atoms with Crippen LogP contribution in [0.2, 0.25) is 0 Å². The van der Waals surface area contributed by atoms with E-state index in [0.717, 1.165) is 12.8 Å². The van der Waals surface area contributed by atoms with E-state index < -0.39 is 0 Å². The Bertz CT molecular complexity index is 556. The van der Waals surface area contributed by atoms with Crippen molar-refractivity contribution in [3.05, 3.63) is 40.7 Å². The Morgan fingerprint density at radius 1 is 1.21 bits per heavy atom. The van der Waals surface area contributed by atoms with E-state index in [9.17, 15) is 4.79 Å². The average molecular weight is 273 g/mol. The summed E-state index contributed by atoms with van der Waals surface area (Å²) in [6.07, 6.45) is 7.44. The number of hydrogen-bond donors (Lipinski definition) is 1. The lowest BCUT2D eigenvalue weighted by atomic mass is 10.2. The molecular formula is C14H15N3OS. The Kier molecular flexibility index (Phi) is 3.55. The van der Waals surface area contributed by atoms with Crippen LogP contribution in [0.3, 0.4) is 0 Å². The highest BCUT2D eigenvalue weighted by Gasteiger charge is 2.16. The topological polar surface area (TPSA) is 54.9 Å². The zero-order valence-corrected chi connectivity index (χ0v) is 11.4. The summed E-state index contributed by atoms with van der Waals surface area (Å²) in [4.78, 5) is 21.9. The zero-order chi connectivity index (χ0) is 13.1. The fourth-order valence-electron chi connectivity index (χ4n) is 2.24. The maximum absolute atomic E-state index is 12.0. The SMILES string of the molecule is O=C(Nc1nc2c(s1)CCCCC2)c1ccccn1. The van der Waals surface area contributed by atoms with Crippen LogP contribution < -0.4 is 5.32 Å². The molecule has 5 heteroatoms. The van der Waals surface area contributed by atoms with Gasteiger partial charge in [-0.3, -0.25) is 15.1 Å². The molecule has 0 fully saturated rings. The van der Waals surface area contributed by atoms with Gasteiger partial charge in [0.2, 0.25) is 0 Å². The standard InChI is InChI=1S/C14H15N3OS/c18-13(11-7-4-5-9-15-11)17-14-16-10-6-2-1-3-8-12(10)19-14/h4-5,7,9H,1-3,6,8H2,(H,16,17,18). The third kappa shape index (κ3) is 2.81. The average Bonchev–Trinajstić information content (AvgIpc) is 2.69. The molecule has 0 aromatic carbocycles. The highest BCUT2D eigenvalue weighted by Crippen LogP contribution is 2.29. The highest BCUT2D eigenvalue weighted by atomic mass is 32.1. The molecule has 4 nitrogen and oxygen atoms in total. The van der Waals surface area contributed by atoms with E-state index in [2.05, 4.69) is 15.3 Å². The molecule has 0 bridgehead atoms. The molecule has 3 rings (SSSR count). The highest BCUT2D eigenvalue weighted by molar-refractivity contribution is 7.15. The van der Waals surface area contributed by atoms with E-state index in [4.69, 9.17) is 0 Å². The first kappa shape index (κ1) is 12.3. The monoisotopic (exact) mass is 273 g/mol. The third-order valence-corrected chi connectivity index (χ3v) is 4.29. The summed E-state index contributed by atoms with van der Waals surface area (Å²) in [5.74, 6) is -0.190. The summed E-state index contributed by atoms with van der Waals surface area (Å²) >= 11 is 1.60. The Morgan fingerprint density at radius 3 is 2.95 bits per heavy atom. The van der Waals surface area contributed by atoms with Gasteiger partial charge in [0.05, 0.1) is 5.69 Å². The van der Waals surface area contributed by atoms with Gasteiger partial charge >= 0.3 is 0 Å². The van der Waals surface area contributed by atoms with Crippen molar-refractivity contribution in [1.82, 2.24) is 9.97 Å². The van der Waals surface area contributed by atoms with Crippen molar-refractivity contribution in [3.8, 4) is 0 Å². The first-order valence-corrected chi connectivity index (χ1v) is 7.35. The van der Waals surface area contributed by atoms with Crippen LogP contribution in [0.4, 0.5) is 5.13 Å². The van der Waals surface area contributed by atoms with Crippen molar-refractivity contribution >= 4 is 22.4 Å². The van der Waals surface area contributed by atoms with Crippen molar-refractivity contribution < 1.29 is 4.79 Å². The second-order valence-corrected chi connectivity index (χ2v) is 5.70. The number of aryl methyl sites for hydroxylation is 2. The van der Waals surface area contributed by atoms with Crippen LogP contribution in [-0.4, -0.2) is 15.9 Å². The number of carbonyl (C=O) groups is 1. The number of hydrogen-bond acceptors (Lipinski definition) is 4. The van der Waals surface area contributed by atoms with E-state index in [1.165, 1.54) is 29.8 Å². The second-order valence-electron chi connectivity index (χ2n) is 4.62. The number of aromatic nitrogens is 2. The molecule has 0 saturated carbocycles. The molecule has 0 aliphatic heterocycles. The van der Waals surface area contributed by atoms with Gasteiger partial charge in [-0.2, -0.15) is 0 Å². The Balaban J connectivity index is 1.75. The van der Waals surface area contributed by atoms with Gasteiger partial charge < -0.3 is 0 Å². The van der Waals surface area contributed by atoms with Gasteiger partial charge in [-0.05, 0) is 37.8 Å². The zero-order valence-electron chi connectivity index (χ0n) is 10.6. The van der Waals surface area contributed by atoms with Gasteiger partial charge in [-0.25, -0.2) is 4.98 Å². The number of amides is 1. The van der Waals surface area contributed by atoms with Crippen molar-refractivity contribution in [2.45, 2.75) is 32.1 Å². The number of pyridine rings is 1. The van der Waals surface area contributed by atoms with Crippen molar-refractivity contribution in [3.63, 3.8) is 0 Å². The van der Waals surface area contributed by atoms with Crippen LogP contribution in [0.15, 0.2) is 24.4 Å². The molecule has 0 unspecified atom stereocenters. The summed E-state index contributed by atoms with van der Waals surface area (Å²) in [6.45, 7) is 0. The van der Waals surface area contributed by atoms with Crippen LogP contribution in [0, 0.1) is 0 Å². The fourth-order valence-corrected chi connectivity index (χ4v) is 3.29. The predicted molar refractivity (Wildman–Crippen MR) is 75.6 cm³/mol. The second kappa shape index (κ2) is 5.48. The minimum absolute atomic E-state index is 0.190. The van der Waals surface area contributed by atoms with Crippen molar-refractivity contribution in [1.29, 1.82) is 0 Å². The first-order chi connectivity index (χ1) is 9.33. The summed E-state index contributed by atoms with van der Waals surface area (Å²) in [6, 6.07) is 5.30. The summed E-state index contributed by atoms with van der Waals surface area (Å²) < 4.78 is 0. The molecule has 1 N–H and O–H groups in total. The number of thiazole rings is 1. The Hall–Kier alpha value is -1.75. The number of nitrogens with one attached hydrogen (secondary N) is 1. The molecule has 19 heavy (non-hydrogen) atoms. The van der Waals surface area contributed by atoms with Crippen molar-refractivity contribution in [2.75, 3.05) is 5.32 Å². The normalized spacial score (nSPS) is 14.5. The van der Waals surface area contributed by atoms with Gasteiger partial charge in [-0.1, -0.05) is 12.5 Å². The molecule has 1 amide bonds. The molecule has 2 aromatic rings. The van der Waals surface area contributed by atoms with E-state index in [0.29, 0.717) is 10.8 Å². The molecule has 2 heterocycles. The minimum Gasteiger partial charge on any atom is -0.296 e. The molecule has 0 spiro atoms.